The first-order valence-corrected chi connectivity index (χ1v) is 4.91. The molecule has 0 amide bonds. The van der Waals surface area contributed by atoms with Crippen LogP contribution < -0.4 is 11.5 Å². The molecule has 5 nitrogen and oxygen atoms in total. The molecule has 0 fully saturated rings. The minimum Gasteiger partial charge on any atom is -0.383 e. The number of anilines is 1. The molecule has 0 unspecified atom stereocenters. The summed E-state index contributed by atoms with van der Waals surface area (Å²) in [5.74, 6) is 0.105. The van der Waals surface area contributed by atoms with Crippen molar-refractivity contribution in [2.45, 2.75) is 0 Å². The van der Waals surface area contributed by atoms with E-state index in [2.05, 4.69) is 5.10 Å². The molecule has 1 aromatic carbocycles. The normalized spacial score (nSPS) is 9.71. The second-order valence-electron chi connectivity index (χ2n) is 3.26. The molecule has 0 bridgehead atoms. The molecule has 2 aromatic rings. The highest BCUT2D eigenvalue weighted by molar-refractivity contribution is 6.30. The number of nitrogens with one attached hydrogen (secondary N) is 1. The van der Waals surface area contributed by atoms with Crippen LogP contribution in [-0.4, -0.2) is 15.7 Å². The van der Waals surface area contributed by atoms with E-state index in [4.69, 9.17) is 28.5 Å². The summed E-state index contributed by atoms with van der Waals surface area (Å²) in [7, 11) is 0. The van der Waals surface area contributed by atoms with Crippen LogP contribution in [0.25, 0.3) is 11.3 Å². The lowest BCUT2D eigenvalue weighted by Crippen LogP contribution is -2.23. The van der Waals surface area contributed by atoms with Crippen molar-refractivity contribution < 1.29 is 0 Å². The summed E-state index contributed by atoms with van der Waals surface area (Å²) in [4.78, 5) is 0. The van der Waals surface area contributed by atoms with Gasteiger partial charge in [0.05, 0.1) is 5.69 Å². The maximum atomic E-state index is 7.27. The number of benzene rings is 1. The zero-order chi connectivity index (χ0) is 11.7. The van der Waals surface area contributed by atoms with E-state index in [9.17, 15) is 0 Å². The van der Waals surface area contributed by atoms with Crippen LogP contribution in [-0.2, 0) is 0 Å². The van der Waals surface area contributed by atoms with Gasteiger partial charge in [0.15, 0.2) is 0 Å². The van der Waals surface area contributed by atoms with Gasteiger partial charge >= 0.3 is 0 Å². The summed E-state index contributed by atoms with van der Waals surface area (Å²) < 4.78 is 1.16. The Kier molecular flexibility index (Phi) is 3.98. The Morgan fingerprint density at radius 2 is 2.06 bits per heavy atom. The number of rotatable bonds is 1. The van der Waals surface area contributed by atoms with Gasteiger partial charge in [-0.05, 0) is 12.1 Å². The van der Waals surface area contributed by atoms with E-state index >= 15 is 0 Å². The van der Waals surface area contributed by atoms with Crippen molar-refractivity contribution >= 4 is 35.8 Å². The maximum Gasteiger partial charge on any atom is 0.215 e. The first-order chi connectivity index (χ1) is 7.58. The molecule has 1 aromatic heterocycles. The Morgan fingerprint density at radius 1 is 1.35 bits per heavy atom. The minimum atomic E-state index is -0.217. The third-order valence-corrected chi connectivity index (χ3v) is 2.32. The van der Waals surface area contributed by atoms with Crippen LogP contribution in [0, 0.1) is 5.41 Å². The molecule has 2 rings (SSSR count). The topological polar surface area (TPSA) is 93.7 Å². The second-order valence-corrected chi connectivity index (χ2v) is 3.70. The fourth-order valence-electron chi connectivity index (χ4n) is 1.38. The smallest absolute Gasteiger partial charge is 0.215 e. The molecule has 0 radical (unpaired) electrons. The second kappa shape index (κ2) is 5.07. The summed E-state index contributed by atoms with van der Waals surface area (Å²) in [5, 5.41) is 12.0. The molecule has 0 atom stereocenters. The van der Waals surface area contributed by atoms with Gasteiger partial charge in [-0.2, -0.15) is 9.78 Å². The fraction of sp³-hybridized carbons (Fsp3) is 0. The lowest BCUT2D eigenvalue weighted by Gasteiger charge is -1.98. The van der Waals surface area contributed by atoms with E-state index in [1.165, 1.54) is 0 Å². The van der Waals surface area contributed by atoms with Gasteiger partial charge in [0.25, 0.3) is 0 Å². The number of hydrogen-bond acceptors (Lipinski definition) is 3. The molecule has 5 N–H and O–H groups in total. The lowest BCUT2D eigenvalue weighted by molar-refractivity contribution is 0.925. The Morgan fingerprint density at radius 3 is 2.59 bits per heavy atom. The number of hydrogen-bond donors (Lipinski definition) is 3. The van der Waals surface area contributed by atoms with E-state index in [1.807, 2.05) is 12.1 Å². The summed E-state index contributed by atoms with van der Waals surface area (Å²) in [6.45, 7) is 0. The van der Waals surface area contributed by atoms with Crippen LogP contribution in [0.5, 0.6) is 0 Å². The van der Waals surface area contributed by atoms with Crippen molar-refractivity contribution in [1.82, 2.24) is 9.78 Å². The summed E-state index contributed by atoms with van der Waals surface area (Å²) in [6, 6.07) is 8.87. The Hall–Kier alpha value is -1.72. The van der Waals surface area contributed by atoms with Crippen molar-refractivity contribution in [2.24, 2.45) is 5.73 Å². The van der Waals surface area contributed by atoms with Crippen LogP contribution in [0.3, 0.4) is 0 Å². The molecule has 7 heteroatoms. The molecule has 0 saturated heterocycles. The third kappa shape index (κ3) is 2.69. The van der Waals surface area contributed by atoms with Gasteiger partial charge in [-0.15, -0.1) is 12.4 Å². The molecule has 17 heavy (non-hydrogen) atoms. The van der Waals surface area contributed by atoms with Crippen molar-refractivity contribution in [3.05, 3.63) is 35.4 Å². The number of halogens is 2. The van der Waals surface area contributed by atoms with Crippen molar-refractivity contribution in [3.63, 3.8) is 0 Å². The van der Waals surface area contributed by atoms with E-state index in [-0.39, 0.29) is 18.4 Å². The highest BCUT2D eigenvalue weighted by atomic mass is 35.5. The number of aromatic nitrogens is 2. The zero-order valence-electron chi connectivity index (χ0n) is 8.72. The number of nitrogens with two attached hydrogens (primary N) is 2. The third-order valence-electron chi connectivity index (χ3n) is 2.09. The Balaban J connectivity index is 0.00000144. The molecule has 1 heterocycles. The summed E-state index contributed by atoms with van der Waals surface area (Å²) >= 11 is 5.87. The molecule has 0 aliphatic rings. The van der Waals surface area contributed by atoms with Gasteiger partial charge in [-0.3, -0.25) is 5.41 Å². The van der Waals surface area contributed by atoms with Crippen molar-refractivity contribution in [1.29, 1.82) is 5.41 Å². The van der Waals surface area contributed by atoms with Gasteiger partial charge in [0.1, 0.15) is 5.82 Å². The lowest BCUT2D eigenvalue weighted by atomic mass is 10.1. The van der Waals surface area contributed by atoms with Crippen molar-refractivity contribution in [3.8, 4) is 11.3 Å². The molecule has 0 aliphatic carbocycles. The molecule has 0 saturated carbocycles. The monoisotopic (exact) mass is 271 g/mol. The highest BCUT2D eigenvalue weighted by Gasteiger charge is 2.08. The van der Waals surface area contributed by atoms with Crippen molar-refractivity contribution in [2.75, 3.05) is 5.73 Å². The minimum absolute atomic E-state index is 0. The van der Waals surface area contributed by atoms with E-state index in [1.54, 1.807) is 18.2 Å². The van der Waals surface area contributed by atoms with Gasteiger partial charge in [-0.25, -0.2) is 0 Å². The largest absolute Gasteiger partial charge is 0.383 e. The van der Waals surface area contributed by atoms with Crippen LogP contribution in [0.2, 0.25) is 5.02 Å². The van der Waals surface area contributed by atoms with Crippen LogP contribution in [0.4, 0.5) is 5.82 Å². The molecular formula is C10H11Cl2N5. The van der Waals surface area contributed by atoms with Gasteiger partial charge in [0, 0.05) is 16.7 Å². The summed E-state index contributed by atoms with van der Waals surface area (Å²) in [5.41, 5.74) is 12.4. The highest BCUT2D eigenvalue weighted by Crippen LogP contribution is 2.22. The Bertz CT molecular complexity index is 549. The fourth-order valence-corrected chi connectivity index (χ4v) is 1.57. The molecule has 90 valence electrons. The first-order valence-electron chi connectivity index (χ1n) is 4.54. The first kappa shape index (κ1) is 13.3. The predicted octanol–water partition coefficient (Wildman–Crippen LogP) is 1.95. The predicted molar refractivity (Wildman–Crippen MR) is 71.6 cm³/mol. The summed E-state index contributed by atoms with van der Waals surface area (Å²) in [6.07, 6.45) is 0. The van der Waals surface area contributed by atoms with Crippen LogP contribution in [0.15, 0.2) is 30.3 Å². The number of nitrogens with zero attached hydrogens (tertiary/aromatic N) is 2. The van der Waals surface area contributed by atoms with E-state index in [0.717, 1.165) is 10.2 Å². The average molecular weight is 272 g/mol. The van der Waals surface area contributed by atoms with Gasteiger partial charge < -0.3 is 11.5 Å². The number of nitrogen functional groups attached to an aromatic ring is 2. The Labute approximate surface area is 109 Å². The SMILES string of the molecule is Cl.N=C(N)n1nc(-c2cccc(Cl)c2)cc1N. The average Bonchev–Trinajstić information content (AvgIpc) is 2.60. The quantitative estimate of drug-likeness (QED) is 0.547. The maximum absolute atomic E-state index is 7.27. The van der Waals surface area contributed by atoms with Gasteiger partial charge in [-0.1, -0.05) is 23.7 Å². The zero-order valence-corrected chi connectivity index (χ0v) is 10.3. The van der Waals surface area contributed by atoms with E-state index in [0.29, 0.717) is 16.5 Å². The molecule has 0 spiro atoms. The van der Waals surface area contributed by atoms with Gasteiger partial charge in [0.2, 0.25) is 5.96 Å². The van der Waals surface area contributed by atoms with Crippen LogP contribution in [0.1, 0.15) is 0 Å². The van der Waals surface area contributed by atoms with E-state index < -0.39 is 0 Å². The van der Waals surface area contributed by atoms with Crippen LogP contribution >= 0.6 is 24.0 Å². The molecule has 0 aliphatic heterocycles. The molecular weight excluding hydrogens is 261 g/mol. The standard InChI is InChI=1S/C10H10ClN5.ClH/c11-7-3-1-2-6(4-7)8-5-9(12)16(15-8)10(13)14;/h1-5H,12H2,(H3,13,14);1H.